The maximum absolute atomic E-state index is 9.55. The number of rotatable bonds is 3. The predicted molar refractivity (Wildman–Crippen MR) is 81.1 cm³/mol. The van der Waals surface area contributed by atoms with E-state index in [2.05, 4.69) is 22.4 Å². The Morgan fingerprint density at radius 3 is 2.55 bits per heavy atom. The number of carboxylic acids is 2. The molecule has 1 saturated heterocycles. The lowest BCUT2D eigenvalue weighted by atomic mass is 10.00. The van der Waals surface area contributed by atoms with E-state index in [1.807, 2.05) is 18.5 Å². The van der Waals surface area contributed by atoms with E-state index in [-0.39, 0.29) is 0 Å². The van der Waals surface area contributed by atoms with Gasteiger partial charge in [-0.3, -0.25) is 4.98 Å². The number of carbonyl (C=O) groups is 2. The quantitative estimate of drug-likeness (QED) is 0.733. The highest BCUT2D eigenvalue weighted by atomic mass is 16.4. The second kappa shape index (κ2) is 7.51. The maximum Gasteiger partial charge on any atom is 0.328 e. The van der Waals surface area contributed by atoms with Crippen LogP contribution < -0.4 is 5.32 Å². The highest BCUT2D eigenvalue weighted by molar-refractivity contribution is 5.89. The van der Waals surface area contributed by atoms with Crippen LogP contribution in [0.5, 0.6) is 0 Å². The van der Waals surface area contributed by atoms with Crippen molar-refractivity contribution in [3.63, 3.8) is 0 Å². The van der Waals surface area contributed by atoms with Crippen LogP contribution in [0.2, 0.25) is 0 Å². The Kier molecular flexibility index (Phi) is 5.43. The minimum atomic E-state index is -1.26. The van der Waals surface area contributed by atoms with Gasteiger partial charge in [-0.05, 0) is 42.5 Å². The van der Waals surface area contributed by atoms with E-state index < -0.39 is 11.9 Å². The summed E-state index contributed by atoms with van der Waals surface area (Å²) in [5, 5.41) is 19.1. The molecular formula is C16H18N2O4. The van der Waals surface area contributed by atoms with Crippen LogP contribution in [0.15, 0.2) is 42.8 Å². The topological polar surface area (TPSA) is 99.5 Å². The zero-order chi connectivity index (χ0) is 15.9. The molecule has 116 valence electrons. The number of carboxylic acid groups (broad SMARTS) is 2. The molecule has 1 aromatic rings. The van der Waals surface area contributed by atoms with Crippen molar-refractivity contribution in [3.8, 4) is 0 Å². The lowest BCUT2D eigenvalue weighted by Crippen LogP contribution is -2.20. The van der Waals surface area contributed by atoms with Gasteiger partial charge in [0.05, 0.1) is 0 Å². The van der Waals surface area contributed by atoms with Crippen molar-refractivity contribution in [1.29, 1.82) is 0 Å². The molecule has 2 heterocycles. The molecule has 0 unspecified atom stereocenters. The Morgan fingerprint density at radius 2 is 2.00 bits per heavy atom. The number of pyridine rings is 1. The number of fused-ring (bicyclic) bond motifs is 1. The summed E-state index contributed by atoms with van der Waals surface area (Å²) in [6, 6.07) is 4.79. The monoisotopic (exact) mass is 302 g/mol. The van der Waals surface area contributed by atoms with Crippen LogP contribution in [0, 0.1) is 5.92 Å². The number of allylic oxidation sites excluding steroid dienone is 1. The molecule has 1 aliphatic carbocycles. The van der Waals surface area contributed by atoms with Gasteiger partial charge in [0, 0.05) is 30.6 Å². The minimum Gasteiger partial charge on any atom is -0.478 e. The average Bonchev–Trinajstić information content (AvgIpc) is 3.08. The summed E-state index contributed by atoms with van der Waals surface area (Å²) in [4.78, 5) is 23.3. The Morgan fingerprint density at radius 1 is 1.27 bits per heavy atom. The van der Waals surface area contributed by atoms with Crippen molar-refractivity contribution >= 4 is 17.5 Å². The fourth-order valence-corrected chi connectivity index (χ4v) is 2.68. The molecule has 0 saturated carbocycles. The zero-order valence-electron chi connectivity index (χ0n) is 12.0. The number of nitrogens with one attached hydrogen (secondary N) is 1. The van der Waals surface area contributed by atoms with Crippen LogP contribution in [0.25, 0.3) is 5.57 Å². The van der Waals surface area contributed by atoms with E-state index in [4.69, 9.17) is 10.2 Å². The van der Waals surface area contributed by atoms with Crippen LogP contribution in [0.3, 0.4) is 0 Å². The number of aromatic nitrogens is 1. The highest BCUT2D eigenvalue weighted by Gasteiger charge is 2.31. The maximum atomic E-state index is 9.55. The van der Waals surface area contributed by atoms with Crippen LogP contribution in [0.4, 0.5) is 0 Å². The van der Waals surface area contributed by atoms with Gasteiger partial charge in [0.1, 0.15) is 0 Å². The summed E-state index contributed by atoms with van der Waals surface area (Å²) in [5.41, 5.74) is 2.77. The number of hydrogen-bond donors (Lipinski definition) is 3. The Balaban J connectivity index is 0.000000192. The first-order valence-electron chi connectivity index (χ1n) is 7.04. The first kappa shape index (κ1) is 15.9. The first-order chi connectivity index (χ1) is 10.6. The SMILES string of the molecule is C1=C(c2cccnc2)C[C@H]2CCN[C@@H]12.O=C(O)/C=C/C(=O)O. The number of aliphatic carboxylic acids is 2. The smallest absolute Gasteiger partial charge is 0.328 e. The van der Waals surface area contributed by atoms with Crippen molar-refractivity contribution < 1.29 is 19.8 Å². The third kappa shape index (κ3) is 4.53. The van der Waals surface area contributed by atoms with Gasteiger partial charge in [-0.1, -0.05) is 12.1 Å². The highest BCUT2D eigenvalue weighted by Crippen LogP contribution is 2.36. The van der Waals surface area contributed by atoms with Gasteiger partial charge >= 0.3 is 11.9 Å². The molecule has 3 rings (SSSR count). The minimum absolute atomic E-state index is 0.558. The molecule has 0 radical (unpaired) electrons. The van der Waals surface area contributed by atoms with Gasteiger partial charge in [0.15, 0.2) is 0 Å². The van der Waals surface area contributed by atoms with E-state index >= 15 is 0 Å². The van der Waals surface area contributed by atoms with E-state index in [9.17, 15) is 9.59 Å². The molecule has 0 aromatic carbocycles. The van der Waals surface area contributed by atoms with Crippen molar-refractivity contribution in [3.05, 3.63) is 48.3 Å². The summed E-state index contributed by atoms with van der Waals surface area (Å²) in [5.74, 6) is -1.68. The van der Waals surface area contributed by atoms with E-state index in [1.54, 1.807) is 0 Å². The normalized spacial score (nSPS) is 22.6. The second-order valence-electron chi connectivity index (χ2n) is 5.18. The molecule has 0 amide bonds. The van der Waals surface area contributed by atoms with Gasteiger partial charge in [-0.2, -0.15) is 0 Å². The predicted octanol–water partition coefficient (Wildman–Crippen LogP) is 1.56. The van der Waals surface area contributed by atoms with Crippen LogP contribution >= 0.6 is 0 Å². The molecule has 2 atom stereocenters. The second-order valence-corrected chi connectivity index (χ2v) is 5.18. The molecule has 0 spiro atoms. The molecule has 3 N–H and O–H groups in total. The van der Waals surface area contributed by atoms with Gasteiger partial charge in [0.2, 0.25) is 0 Å². The molecule has 6 heteroatoms. The summed E-state index contributed by atoms with van der Waals surface area (Å²) in [7, 11) is 0. The Hall–Kier alpha value is -2.47. The molecule has 22 heavy (non-hydrogen) atoms. The zero-order valence-corrected chi connectivity index (χ0v) is 12.0. The lowest BCUT2D eigenvalue weighted by molar-refractivity contribution is -0.134. The first-order valence-corrected chi connectivity index (χ1v) is 7.04. The molecule has 1 aliphatic heterocycles. The molecule has 0 bridgehead atoms. The van der Waals surface area contributed by atoms with Crippen molar-refractivity contribution in [2.45, 2.75) is 18.9 Å². The van der Waals surface area contributed by atoms with Crippen LogP contribution in [-0.4, -0.2) is 39.7 Å². The molecule has 2 aliphatic rings. The van der Waals surface area contributed by atoms with E-state index in [0.29, 0.717) is 18.2 Å². The van der Waals surface area contributed by atoms with Gasteiger partial charge in [0.25, 0.3) is 0 Å². The van der Waals surface area contributed by atoms with Gasteiger partial charge in [-0.15, -0.1) is 0 Å². The summed E-state index contributed by atoms with van der Waals surface area (Å²) in [6.07, 6.45) is 9.85. The summed E-state index contributed by atoms with van der Waals surface area (Å²) >= 11 is 0. The third-order valence-electron chi connectivity index (χ3n) is 3.67. The van der Waals surface area contributed by atoms with E-state index in [1.165, 1.54) is 30.5 Å². The Bertz CT molecular complexity index is 579. The average molecular weight is 302 g/mol. The van der Waals surface area contributed by atoms with Gasteiger partial charge < -0.3 is 15.5 Å². The van der Waals surface area contributed by atoms with Crippen LogP contribution in [0.1, 0.15) is 18.4 Å². The fourth-order valence-electron chi connectivity index (χ4n) is 2.68. The summed E-state index contributed by atoms with van der Waals surface area (Å²) < 4.78 is 0. The molecule has 1 fully saturated rings. The largest absolute Gasteiger partial charge is 0.478 e. The third-order valence-corrected chi connectivity index (χ3v) is 3.67. The Labute approximate surface area is 128 Å². The standard InChI is InChI=1S/C12H14N2.C4H4O4/c1-2-10(8-13-4-1)11-6-9-3-5-14-12(9)7-11;5-3(6)1-2-4(7)8/h1-2,4,7-9,12,14H,3,5-6H2;1-2H,(H,5,6)(H,7,8)/b;2-1+/t9-,12+;/m1./s1. The van der Waals surface area contributed by atoms with Crippen molar-refractivity contribution in [2.75, 3.05) is 6.54 Å². The molecule has 1 aromatic heterocycles. The molecule has 6 nitrogen and oxygen atoms in total. The van der Waals surface area contributed by atoms with Crippen molar-refractivity contribution in [2.24, 2.45) is 5.92 Å². The fraction of sp³-hybridized carbons (Fsp3) is 0.312. The summed E-state index contributed by atoms with van der Waals surface area (Å²) in [6.45, 7) is 1.19. The van der Waals surface area contributed by atoms with Gasteiger partial charge in [-0.25, -0.2) is 9.59 Å². The lowest BCUT2D eigenvalue weighted by Gasteiger charge is -2.06. The van der Waals surface area contributed by atoms with E-state index in [0.717, 1.165) is 5.92 Å². The number of hydrogen-bond acceptors (Lipinski definition) is 4. The number of nitrogens with zero attached hydrogens (tertiary/aromatic N) is 1. The molecular weight excluding hydrogens is 284 g/mol. The van der Waals surface area contributed by atoms with Crippen molar-refractivity contribution in [1.82, 2.24) is 10.3 Å². The van der Waals surface area contributed by atoms with Crippen LogP contribution in [-0.2, 0) is 9.59 Å².